The van der Waals surface area contributed by atoms with E-state index in [1.165, 1.54) is 31.7 Å². The average molecular weight is 355 g/mol. The van der Waals surface area contributed by atoms with Gasteiger partial charge in [-0.25, -0.2) is 4.39 Å². The minimum atomic E-state index is -0.153. The Morgan fingerprint density at radius 1 is 1.33 bits per heavy atom. The maximum Gasteiger partial charge on any atom is 0.124 e. The molecule has 2 nitrogen and oxygen atoms in total. The van der Waals surface area contributed by atoms with E-state index in [-0.39, 0.29) is 5.82 Å². The second kappa shape index (κ2) is 6.76. The van der Waals surface area contributed by atoms with E-state index in [4.69, 9.17) is 0 Å². The summed E-state index contributed by atoms with van der Waals surface area (Å²) in [7, 11) is 0. The molecule has 0 amide bonds. The van der Waals surface area contributed by atoms with Crippen LogP contribution in [0.25, 0.3) is 0 Å². The third-order valence-electron chi connectivity index (χ3n) is 4.68. The van der Waals surface area contributed by atoms with Crippen molar-refractivity contribution in [1.29, 1.82) is 0 Å². The van der Waals surface area contributed by atoms with Crippen LogP contribution in [0.1, 0.15) is 38.2 Å². The highest BCUT2D eigenvalue weighted by atomic mass is 79.9. The van der Waals surface area contributed by atoms with Crippen molar-refractivity contribution >= 4 is 15.9 Å². The fourth-order valence-electron chi connectivity index (χ4n) is 3.45. The third kappa shape index (κ3) is 4.05. The molecule has 21 heavy (non-hydrogen) atoms. The van der Waals surface area contributed by atoms with Crippen molar-refractivity contribution in [1.82, 2.24) is 10.2 Å². The lowest BCUT2D eigenvalue weighted by atomic mass is 10.0. The van der Waals surface area contributed by atoms with Gasteiger partial charge in [-0.05, 0) is 48.9 Å². The number of hydrogen-bond donors (Lipinski definition) is 1. The van der Waals surface area contributed by atoms with Crippen LogP contribution in [0.5, 0.6) is 0 Å². The van der Waals surface area contributed by atoms with Crippen LogP contribution >= 0.6 is 15.9 Å². The Kier molecular flexibility index (Phi) is 4.97. The molecule has 2 aliphatic rings. The molecule has 0 radical (unpaired) electrons. The second-order valence-electron chi connectivity index (χ2n) is 6.50. The Morgan fingerprint density at radius 2 is 2.14 bits per heavy atom. The zero-order valence-electron chi connectivity index (χ0n) is 12.6. The Hall–Kier alpha value is -0.450. The van der Waals surface area contributed by atoms with Crippen molar-refractivity contribution in [2.45, 2.75) is 51.2 Å². The van der Waals surface area contributed by atoms with Crippen LogP contribution in [0.2, 0.25) is 0 Å². The lowest BCUT2D eigenvalue weighted by Crippen LogP contribution is -2.56. The molecule has 116 valence electrons. The van der Waals surface area contributed by atoms with Crippen LogP contribution in [-0.2, 0) is 6.54 Å². The number of benzene rings is 1. The molecule has 0 aromatic heterocycles. The first-order chi connectivity index (χ1) is 10.2. The van der Waals surface area contributed by atoms with Gasteiger partial charge in [0.05, 0.1) is 0 Å². The van der Waals surface area contributed by atoms with E-state index in [9.17, 15) is 4.39 Å². The highest BCUT2D eigenvalue weighted by Crippen LogP contribution is 2.35. The predicted molar refractivity (Wildman–Crippen MR) is 87.7 cm³/mol. The molecule has 1 saturated carbocycles. The molecule has 1 N–H and O–H groups in total. The Labute approximate surface area is 135 Å². The van der Waals surface area contributed by atoms with E-state index in [0.717, 1.165) is 35.6 Å². The van der Waals surface area contributed by atoms with Crippen molar-refractivity contribution in [3.8, 4) is 0 Å². The molecule has 1 heterocycles. The number of hydrogen-bond acceptors (Lipinski definition) is 2. The van der Waals surface area contributed by atoms with Crippen molar-refractivity contribution in [2.75, 3.05) is 13.1 Å². The molecule has 1 saturated heterocycles. The number of rotatable bonds is 5. The summed E-state index contributed by atoms with van der Waals surface area (Å²) in [4.78, 5) is 2.56. The molecule has 3 rings (SSSR count). The van der Waals surface area contributed by atoms with Gasteiger partial charge in [-0.15, -0.1) is 0 Å². The van der Waals surface area contributed by atoms with Crippen molar-refractivity contribution in [3.05, 3.63) is 34.1 Å². The Bertz CT molecular complexity index is 469. The summed E-state index contributed by atoms with van der Waals surface area (Å²) in [5, 5.41) is 3.73. The normalized spacial score (nSPS) is 27.0. The zero-order valence-corrected chi connectivity index (χ0v) is 14.2. The lowest BCUT2D eigenvalue weighted by molar-refractivity contribution is 0.108. The number of piperazine rings is 1. The topological polar surface area (TPSA) is 15.3 Å². The fraction of sp³-hybridized carbons (Fsp3) is 0.647. The number of nitrogens with zero attached hydrogens (tertiary/aromatic N) is 1. The van der Waals surface area contributed by atoms with Gasteiger partial charge in [0.2, 0.25) is 0 Å². The summed E-state index contributed by atoms with van der Waals surface area (Å²) < 4.78 is 14.4. The number of halogens is 2. The van der Waals surface area contributed by atoms with Crippen LogP contribution in [0, 0.1) is 11.7 Å². The van der Waals surface area contributed by atoms with Crippen LogP contribution in [0.4, 0.5) is 4.39 Å². The van der Waals surface area contributed by atoms with E-state index < -0.39 is 0 Å². The molecule has 1 aromatic rings. The average Bonchev–Trinajstić information content (AvgIpc) is 3.24. The molecule has 1 aromatic carbocycles. The lowest BCUT2D eigenvalue weighted by Gasteiger charge is -2.41. The summed E-state index contributed by atoms with van der Waals surface area (Å²) >= 11 is 3.40. The summed E-state index contributed by atoms with van der Waals surface area (Å²) in [6.07, 6.45) is 5.15. The van der Waals surface area contributed by atoms with Gasteiger partial charge in [0.1, 0.15) is 5.82 Å². The second-order valence-corrected chi connectivity index (χ2v) is 7.42. The van der Waals surface area contributed by atoms with Gasteiger partial charge < -0.3 is 5.32 Å². The largest absolute Gasteiger partial charge is 0.311 e. The summed E-state index contributed by atoms with van der Waals surface area (Å²) in [5.41, 5.74) is 1.07. The quantitative estimate of drug-likeness (QED) is 0.861. The molecular weight excluding hydrogens is 331 g/mol. The Morgan fingerprint density at radius 3 is 2.81 bits per heavy atom. The first-order valence-corrected chi connectivity index (χ1v) is 8.87. The van der Waals surface area contributed by atoms with Gasteiger partial charge in [-0.2, -0.15) is 0 Å². The highest BCUT2D eigenvalue weighted by Gasteiger charge is 2.36. The van der Waals surface area contributed by atoms with Gasteiger partial charge >= 0.3 is 0 Å². The Balaban J connectivity index is 1.71. The monoisotopic (exact) mass is 354 g/mol. The van der Waals surface area contributed by atoms with Gasteiger partial charge in [0.25, 0.3) is 0 Å². The molecular formula is C17H24BrFN2. The molecule has 2 fully saturated rings. The summed E-state index contributed by atoms with van der Waals surface area (Å²) in [6, 6.07) is 6.45. The van der Waals surface area contributed by atoms with E-state index in [1.807, 2.05) is 6.07 Å². The molecule has 0 spiro atoms. The molecule has 1 aliphatic heterocycles. The SMILES string of the molecule is CCCC1CNC(C2CC2)CN1Cc1cc(F)cc(Br)c1. The van der Waals surface area contributed by atoms with Gasteiger partial charge in [-0.1, -0.05) is 29.3 Å². The first kappa shape index (κ1) is 15.4. The predicted octanol–water partition coefficient (Wildman–Crippen LogP) is 3.94. The molecule has 4 heteroatoms. The van der Waals surface area contributed by atoms with Crippen molar-refractivity contribution in [3.63, 3.8) is 0 Å². The molecule has 2 unspecified atom stereocenters. The molecule has 1 aliphatic carbocycles. The van der Waals surface area contributed by atoms with E-state index in [1.54, 1.807) is 6.07 Å². The smallest absolute Gasteiger partial charge is 0.124 e. The van der Waals surface area contributed by atoms with Crippen molar-refractivity contribution in [2.24, 2.45) is 5.92 Å². The highest BCUT2D eigenvalue weighted by molar-refractivity contribution is 9.10. The summed E-state index contributed by atoms with van der Waals surface area (Å²) in [6.45, 7) is 5.27. The van der Waals surface area contributed by atoms with E-state index in [2.05, 4.69) is 33.1 Å². The maximum atomic E-state index is 13.6. The summed E-state index contributed by atoms with van der Waals surface area (Å²) in [5.74, 6) is 0.717. The minimum absolute atomic E-state index is 0.153. The van der Waals surface area contributed by atoms with Gasteiger partial charge in [0, 0.05) is 36.2 Å². The first-order valence-electron chi connectivity index (χ1n) is 8.08. The zero-order chi connectivity index (χ0) is 14.8. The van der Waals surface area contributed by atoms with Crippen LogP contribution < -0.4 is 5.32 Å². The van der Waals surface area contributed by atoms with E-state index in [0.29, 0.717) is 12.1 Å². The maximum absolute atomic E-state index is 13.6. The van der Waals surface area contributed by atoms with Crippen molar-refractivity contribution < 1.29 is 4.39 Å². The van der Waals surface area contributed by atoms with E-state index >= 15 is 0 Å². The number of nitrogens with one attached hydrogen (secondary N) is 1. The van der Waals surface area contributed by atoms with Gasteiger partial charge in [0.15, 0.2) is 0 Å². The fourth-order valence-corrected chi connectivity index (χ4v) is 3.96. The minimum Gasteiger partial charge on any atom is -0.311 e. The van der Waals surface area contributed by atoms with Gasteiger partial charge in [-0.3, -0.25) is 4.90 Å². The third-order valence-corrected chi connectivity index (χ3v) is 5.14. The van der Waals surface area contributed by atoms with Crippen LogP contribution in [0.3, 0.4) is 0 Å². The molecule has 2 atom stereocenters. The molecule has 0 bridgehead atoms. The standard InChI is InChI=1S/C17H24BrFN2/c1-2-3-16-9-20-17(13-4-5-13)11-21(16)10-12-6-14(18)8-15(19)7-12/h6-8,13,16-17,20H,2-5,9-11H2,1H3. The van der Waals surface area contributed by atoms with Crippen LogP contribution in [0.15, 0.2) is 22.7 Å². The van der Waals surface area contributed by atoms with Crippen LogP contribution in [-0.4, -0.2) is 30.1 Å².